The number of ether oxygens (including phenoxy) is 1. The number of carbonyl (C=O) groups excluding carboxylic acids is 3. The molecule has 6 N–H and O–H groups in total. The molecule has 45 heavy (non-hydrogen) atoms. The van der Waals surface area contributed by atoms with Gasteiger partial charge in [0.2, 0.25) is 11.8 Å². The standard InChI is InChI=1S/C35H44N6O4/c1-22(36)25-12-14-30(15-13-25)40-33(43)31(17-24-6-5-7-27(16-24)28-18-29(37)21-38-20-28)41-32(42)26-10-8-23(9-11-26)19-39-34(44)45-35(2,3)4/h5-7,12-16,18,20-21,23,26,31,36H,8-11,17,19,37H2,1-4H3,(H,39,44)(H,40,43)(H,41,42)/t23?,26?,31-/m0/s1. The van der Waals surface area contributed by atoms with Crippen LogP contribution >= 0.6 is 0 Å². The first kappa shape index (κ1) is 33.2. The number of benzene rings is 2. The number of pyridine rings is 1. The largest absolute Gasteiger partial charge is 0.444 e. The summed E-state index contributed by atoms with van der Waals surface area (Å²) in [4.78, 5) is 43.3. The number of anilines is 2. The lowest BCUT2D eigenvalue weighted by molar-refractivity contribution is -0.130. The number of hydrogen-bond donors (Lipinski definition) is 5. The number of aromatic nitrogens is 1. The number of alkyl carbamates (subject to hydrolysis) is 1. The van der Waals surface area contributed by atoms with Crippen LogP contribution in [0.4, 0.5) is 16.2 Å². The molecule has 10 heteroatoms. The van der Waals surface area contributed by atoms with Gasteiger partial charge in [-0.3, -0.25) is 14.6 Å². The molecule has 0 saturated heterocycles. The van der Waals surface area contributed by atoms with Crippen molar-refractivity contribution < 1.29 is 19.1 Å². The lowest BCUT2D eigenvalue weighted by Crippen LogP contribution is -2.48. The highest BCUT2D eigenvalue weighted by atomic mass is 16.6. The molecule has 3 aromatic rings. The molecule has 1 saturated carbocycles. The van der Waals surface area contributed by atoms with Gasteiger partial charge in [0.25, 0.3) is 0 Å². The van der Waals surface area contributed by atoms with Crippen molar-refractivity contribution in [2.45, 2.75) is 71.4 Å². The summed E-state index contributed by atoms with van der Waals surface area (Å²) in [5.74, 6) is -0.441. The van der Waals surface area contributed by atoms with E-state index in [1.807, 2.05) is 51.1 Å². The van der Waals surface area contributed by atoms with Gasteiger partial charge in [0.05, 0.1) is 5.69 Å². The molecular formula is C35H44N6O4. The molecule has 1 aromatic heterocycles. The van der Waals surface area contributed by atoms with Crippen LogP contribution in [0.15, 0.2) is 67.0 Å². The second-order valence-corrected chi connectivity index (χ2v) is 12.8. The molecule has 2 aromatic carbocycles. The van der Waals surface area contributed by atoms with Gasteiger partial charge in [-0.2, -0.15) is 0 Å². The first-order valence-corrected chi connectivity index (χ1v) is 15.4. The minimum absolute atomic E-state index is 0.153. The van der Waals surface area contributed by atoms with Crippen LogP contribution in [-0.4, -0.2) is 46.8 Å². The van der Waals surface area contributed by atoms with Gasteiger partial charge in [0.15, 0.2) is 0 Å². The van der Waals surface area contributed by atoms with Crippen molar-refractivity contribution in [1.29, 1.82) is 5.41 Å². The van der Waals surface area contributed by atoms with Gasteiger partial charge in [0, 0.05) is 48.2 Å². The Morgan fingerprint density at radius 1 is 1.00 bits per heavy atom. The third-order valence-corrected chi connectivity index (χ3v) is 7.83. The summed E-state index contributed by atoms with van der Waals surface area (Å²) in [6, 6.07) is 15.9. The Bertz CT molecular complexity index is 1510. The summed E-state index contributed by atoms with van der Waals surface area (Å²) >= 11 is 0. The van der Waals surface area contributed by atoms with Gasteiger partial charge in [-0.05, 0) is 94.2 Å². The van der Waals surface area contributed by atoms with Gasteiger partial charge < -0.3 is 31.8 Å². The van der Waals surface area contributed by atoms with E-state index in [4.69, 9.17) is 15.9 Å². The van der Waals surface area contributed by atoms with E-state index >= 15 is 0 Å². The quantitative estimate of drug-likeness (QED) is 0.184. The highest BCUT2D eigenvalue weighted by Crippen LogP contribution is 2.29. The number of rotatable bonds is 10. The van der Waals surface area contributed by atoms with E-state index in [2.05, 4.69) is 20.9 Å². The molecule has 10 nitrogen and oxygen atoms in total. The van der Waals surface area contributed by atoms with Crippen molar-refractivity contribution >= 4 is 35.0 Å². The average molecular weight is 613 g/mol. The maximum absolute atomic E-state index is 13.6. The van der Waals surface area contributed by atoms with Crippen LogP contribution in [0.25, 0.3) is 11.1 Å². The van der Waals surface area contributed by atoms with Crippen LogP contribution in [0.5, 0.6) is 0 Å². The predicted molar refractivity (Wildman–Crippen MR) is 177 cm³/mol. The van der Waals surface area contributed by atoms with Crippen LogP contribution in [0.2, 0.25) is 0 Å². The van der Waals surface area contributed by atoms with Gasteiger partial charge in [-0.1, -0.05) is 36.4 Å². The monoisotopic (exact) mass is 612 g/mol. The van der Waals surface area contributed by atoms with Crippen LogP contribution < -0.4 is 21.7 Å². The topological polar surface area (TPSA) is 159 Å². The van der Waals surface area contributed by atoms with E-state index in [1.54, 1.807) is 43.6 Å². The molecule has 1 heterocycles. The molecule has 1 fully saturated rings. The number of carbonyl (C=O) groups is 3. The zero-order valence-electron chi connectivity index (χ0n) is 26.5. The Labute approximate surface area is 265 Å². The van der Waals surface area contributed by atoms with Crippen molar-refractivity contribution in [3.63, 3.8) is 0 Å². The van der Waals surface area contributed by atoms with Crippen LogP contribution in [0.3, 0.4) is 0 Å². The number of nitrogens with one attached hydrogen (secondary N) is 4. The highest BCUT2D eigenvalue weighted by molar-refractivity contribution is 5.99. The normalized spacial score (nSPS) is 17.1. The van der Waals surface area contributed by atoms with Gasteiger partial charge in [-0.15, -0.1) is 0 Å². The third-order valence-electron chi connectivity index (χ3n) is 7.83. The Hall–Kier alpha value is -4.73. The highest BCUT2D eigenvalue weighted by Gasteiger charge is 2.30. The fourth-order valence-electron chi connectivity index (χ4n) is 5.43. The minimum Gasteiger partial charge on any atom is -0.444 e. The molecule has 1 aliphatic carbocycles. The molecular weight excluding hydrogens is 568 g/mol. The molecule has 238 valence electrons. The smallest absolute Gasteiger partial charge is 0.407 e. The molecule has 4 rings (SSSR count). The van der Waals surface area contributed by atoms with E-state index in [1.165, 1.54) is 0 Å². The molecule has 3 amide bonds. The summed E-state index contributed by atoms with van der Waals surface area (Å²) in [7, 11) is 0. The zero-order chi connectivity index (χ0) is 32.6. The van der Waals surface area contributed by atoms with E-state index < -0.39 is 17.7 Å². The lowest BCUT2D eigenvalue weighted by atomic mass is 9.81. The number of nitrogen functional groups attached to an aromatic ring is 1. The third kappa shape index (κ3) is 10.2. The van der Waals surface area contributed by atoms with E-state index in [0.29, 0.717) is 36.5 Å². The van der Waals surface area contributed by atoms with Gasteiger partial charge in [0.1, 0.15) is 11.6 Å². The second-order valence-electron chi connectivity index (χ2n) is 12.8. The summed E-state index contributed by atoms with van der Waals surface area (Å²) in [6.45, 7) is 7.69. The molecule has 0 unspecified atom stereocenters. The fraction of sp³-hybridized carbons (Fsp3) is 0.400. The Balaban J connectivity index is 1.43. The van der Waals surface area contributed by atoms with Crippen molar-refractivity contribution in [3.8, 4) is 11.1 Å². The molecule has 1 atom stereocenters. The van der Waals surface area contributed by atoms with Crippen molar-refractivity contribution in [2.75, 3.05) is 17.6 Å². The predicted octanol–water partition coefficient (Wildman–Crippen LogP) is 5.72. The molecule has 1 aliphatic rings. The molecule has 0 spiro atoms. The first-order valence-electron chi connectivity index (χ1n) is 15.4. The molecule has 0 bridgehead atoms. The number of hydrogen-bond acceptors (Lipinski definition) is 7. The SMILES string of the molecule is CC(=N)c1ccc(NC(=O)[C@H](Cc2cccc(-c3cncc(N)c3)c2)NC(=O)C2CCC(CNC(=O)OC(C)(C)C)CC2)cc1. The molecule has 0 radical (unpaired) electrons. The number of amides is 3. The van der Waals surface area contributed by atoms with E-state index in [0.717, 1.165) is 35.1 Å². The summed E-state index contributed by atoms with van der Waals surface area (Å²) < 4.78 is 5.33. The summed E-state index contributed by atoms with van der Waals surface area (Å²) in [5.41, 5.74) is 10.4. The Morgan fingerprint density at radius 3 is 2.36 bits per heavy atom. The van der Waals surface area contributed by atoms with Crippen LogP contribution in [-0.2, 0) is 20.7 Å². The first-order chi connectivity index (χ1) is 21.4. The number of nitrogens with zero attached hydrogens (tertiary/aromatic N) is 1. The van der Waals surface area contributed by atoms with E-state index in [9.17, 15) is 14.4 Å². The lowest BCUT2D eigenvalue weighted by Gasteiger charge is -2.29. The second kappa shape index (κ2) is 14.8. The van der Waals surface area contributed by atoms with Crippen LogP contribution in [0.1, 0.15) is 64.5 Å². The fourth-order valence-corrected chi connectivity index (χ4v) is 5.43. The zero-order valence-corrected chi connectivity index (χ0v) is 26.5. The van der Waals surface area contributed by atoms with Crippen molar-refractivity contribution in [2.24, 2.45) is 11.8 Å². The maximum atomic E-state index is 13.6. The van der Waals surface area contributed by atoms with Gasteiger partial charge in [-0.25, -0.2) is 4.79 Å². The maximum Gasteiger partial charge on any atom is 0.407 e. The summed E-state index contributed by atoms with van der Waals surface area (Å²) in [5, 5.41) is 16.6. The van der Waals surface area contributed by atoms with E-state index in [-0.39, 0.29) is 30.1 Å². The average Bonchev–Trinajstić information content (AvgIpc) is 2.99. The number of nitrogens with two attached hydrogens (primary N) is 1. The van der Waals surface area contributed by atoms with Crippen molar-refractivity contribution in [1.82, 2.24) is 15.6 Å². The summed E-state index contributed by atoms with van der Waals surface area (Å²) in [6.07, 6.45) is 6.10. The van der Waals surface area contributed by atoms with Crippen molar-refractivity contribution in [3.05, 3.63) is 78.1 Å². The Morgan fingerprint density at radius 2 is 1.71 bits per heavy atom. The minimum atomic E-state index is -0.817. The molecule has 0 aliphatic heterocycles. The van der Waals surface area contributed by atoms with Crippen LogP contribution in [0, 0.1) is 17.2 Å². The Kier molecular flexibility index (Phi) is 10.9. The van der Waals surface area contributed by atoms with Gasteiger partial charge >= 0.3 is 6.09 Å².